The van der Waals surface area contributed by atoms with Crippen LogP contribution in [0.4, 0.5) is 0 Å². The van der Waals surface area contributed by atoms with Crippen molar-refractivity contribution >= 4 is 11.1 Å². The Bertz CT molecular complexity index is 848. The molecule has 0 unspecified atom stereocenters. The lowest BCUT2D eigenvalue weighted by molar-refractivity contribution is 1.03. The minimum absolute atomic E-state index is 1.03. The van der Waals surface area contributed by atoms with Crippen molar-refractivity contribution in [1.82, 2.24) is 4.98 Å². The molecule has 0 fully saturated rings. The van der Waals surface area contributed by atoms with Crippen molar-refractivity contribution in [3.8, 4) is 0 Å². The fraction of sp³-hybridized carbons (Fsp3) is 0.296. The van der Waals surface area contributed by atoms with Crippen LogP contribution >= 0.6 is 0 Å². The van der Waals surface area contributed by atoms with Gasteiger partial charge in [-0.2, -0.15) is 0 Å². The molecule has 0 aliphatic rings. The molecule has 0 aliphatic heterocycles. The Hall–Kier alpha value is -2.67. The van der Waals surface area contributed by atoms with Gasteiger partial charge in [-0.05, 0) is 80.0 Å². The zero-order chi connectivity index (χ0) is 21.1. The minimum Gasteiger partial charge on any atom is -0.261 e. The van der Waals surface area contributed by atoms with Crippen LogP contribution in [0.1, 0.15) is 62.1 Å². The average molecular weight is 374 g/mol. The fourth-order valence-corrected chi connectivity index (χ4v) is 2.96. The number of benzene rings is 1. The molecule has 148 valence electrons. The van der Waals surface area contributed by atoms with E-state index in [2.05, 4.69) is 89.2 Å². The van der Waals surface area contributed by atoms with E-state index in [-0.39, 0.29) is 0 Å². The number of aromatic nitrogens is 1. The van der Waals surface area contributed by atoms with E-state index in [0.717, 1.165) is 18.4 Å². The van der Waals surface area contributed by atoms with Crippen LogP contribution in [-0.2, 0) is 6.42 Å². The largest absolute Gasteiger partial charge is 0.261 e. The lowest BCUT2D eigenvalue weighted by Crippen LogP contribution is -1.90. The van der Waals surface area contributed by atoms with Crippen molar-refractivity contribution < 1.29 is 0 Å². The normalized spacial score (nSPS) is 11.5. The van der Waals surface area contributed by atoms with Gasteiger partial charge in [-0.1, -0.05) is 75.1 Å². The van der Waals surface area contributed by atoms with Gasteiger partial charge < -0.3 is 0 Å². The summed E-state index contributed by atoms with van der Waals surface area (Å²) in [5.41, 5.74) is 10.0. The third kappa shape index (κ3) is 7.15. The highest BCUT2D eigenvalue weighted by Gasteiger charge is 2.04. The number of nitrogens with zero attached hydrogens (tertiary/aromatic N) is 1. The molecular weight excluding hydrogens is 338 g/mol. The molecule has 1 aromatic heterocycles. The molecule has 0 atom stereocenters. The van der Waals surface area contributed by atoms with Gasteiger partial charge in [0.1, 0.15) is 0 Å². The van der Waals surface area contributed by atoms with Gasteiger partial charge in [0.15, 0.2) is 0 Å². The molecular formula is C27H35N. The Kier molecular flexibility index (Phi) is 9.95. The summed E-state index contributed by atoms with van der Waals surface area (Å²) in [6.07, 6.45) is 9.91. The van der Waals surface area contributed by atoms with E-state index in [1.165, 1.54) is 39.1 Å². The van der Waals surface area contributed by atoms with E-state index in [9.17, 15) is 0 Å². The topological polar surface area (TPSA) is 12.9 Å². The van der Waals surface area contributed by atoms with Crippen LogP contribution in [0.2, 0.25) is 0 Å². The van der Waals surface area contributed by atoms with Gasteiger partial charge in [0.2, 0.25) is 0 Å². The SMILES string of the molecule is C=C/C=C\C(CC)=C(/C)c1ccc(C(=C)C)c(C)c1.CCc1ccc(C)cn1. The second-order valence-corrected chi connectivity index (χ2v) is 7.09. The lowest BCUT2D eigenvalue weighted by Gasteiger charge is -2.11. The second kappa shape index (κ2) is 11.9. The molecule has 0 saturated heterocycles. The van der Waals surface area contributed by atoms with E-state index in [4.69, 9.17) is 0 Å². The molecule has 1 heterocycles. The van der Waals surface area contributed by atoms with Crippen molar-refractivity contribution in [2.45, 2.75) is 54.4 Å². The summed E-state index contributed by atoms with van der Waals surface area (Å²) in [5.74, 6) is 0. The smallest absolute Gasteiger partial charge is 0.0401 e. The van der Waals surface area contributed by atoms with Crippen LogP contribution in [0.15, 0.2) is 73.5 Å². The Morgan fingerprint density at radius 1 is 1.07 bits per heavy atom. The number of hydrogen-bond donors (Lipinski definition) is 0. The minimum atomic E-state index is 1.03. The predicted molar refractivity (Wildman–Crippen MR) is 126 cm³/mol. The first-order chi connectivity index (χ1) is 13.3. The number of allylic oxidation sites excluding steroid dienone is 6. The third-order valence-corrected chi connectivity index (χ3v) is 4.75. The maximum absolute atomic E-state index is 4.20. The summed E-state index contributed by atoms with van der Waals surface area (Å²) in [5, 5.41) is 0. The Morgan fingerprint density at radius 2 is 1.79 bits per heavy atom. The molecule has 1 aromatic carbocycles. The van der Waals surface area contributed by atoms with E-state index in [1.54, 1.807) is 0 Å². The maximum Gasteiger partial charge on any atom is 0.0401 e. The molecule has 28 heavy (non-hydrogen) atoms. The van der Waals surface area contributed by atoms with Crippen molar-refractivity contribution in [2.75, 3.05) is 0 Å². The highest BCUT2D eigenvalue weighted by atomic mass is 14.7. The van der Waals surface area contributed by atoms with Crippen molar-refractivity contribution in [2.24, 2.45) is 0 Å². The summed E-state index contributed by atoms with van der Waals surface area (Å²) < 4.78 is 0. The standard InChI is InChI=1S/C19H24.C8H11N/c1-7-9-10-17(8-2)16(6)18-11-12-19(14(3)4)15(5)13-18;1-3-8-5-4-7(2)6-9-8/h7,9-13H,1,3,8H2,2,4-6H3;4-6H,3H2,1-2H3/b10-9-,17-16+;. The molecule has 0 aliphatic carbocycles. The van der Waals surface area contributed by atoms with Crippen LogP contribution < -0.4 is 0 Å². The third-order valence-electron chi connectivity index (χ3n) is 4.75. The van der Waals surface area contributed by atoms with Gasteiger partial charge in [0.25, 0.3) is 0 Å². The number of rotatable bonds is 6. The fourth-order valence-electron chi connectivity index (χ4n) is 2.96. The summed E-state index contributed by atoms with van der Waals surface area (Å²) in [7, 11) is 0. The highest BCUT2D eigenvalue weighted by molar-refractivity contribution is 5.73. The molecule has 1 heteroatoms. The first-order valence-electron chi connectivity index (χ1n) is 10.0. The van der Waals surface area contributed by atoms with Crippen LogP contribution in [0.25, 0.3) is 11.1 Å². The van der Waals surface area contributed by atoms with Gasteiger partial charge in [0.05, 0.1) is 0 Å². The lowest BCUT2D eigenvalue weighted by atomic mass is 9.94. The molecule has 0 N–H and O–H groups in total. The summed E-state index contributed by atoms with van der Waals surface area (Å²) in [4.78, 5) is 4.20. The van der Waals surface area contributed by atoms with Gasteiger partial charge >= 0.3 is 0 Å². The predicted octanol–water partition coefficient (Wildman–Crippen LogP) is 7.91. The van der Waals surface area contributed by atoms with Gasteiger partial charge in [0, 0.05) is 11.9 Å². The van der Waals surface area contributed by atoms with Crippen LogP contribution in [0.5, 0.6) is 0 Å². The first-order valence-corrected chi connectivity index (χ1v) is 10.0. The molecule has 1 nitrogen and oxygen atoms in total. The number of aryl methyl sites for hydroxylation is 3. The second-order valence-electron chi connectivity index (χ2n) is 7.09. The molecule has 2 rings (SSSR count). The maximum atomic E-state index is 4.20. The molecule has 0 radical (unpaired) electrons. The Labute approximate surface area is 172 Å². The van der Waals surface area contributed by atoms with E-state index in [1.807, 2.05) is 25.3 Å². The van der Waals surface area contributed by atoms with E-state index >= 15 is 0 Å². The Morgan fingerprint density at radius 3 is 2.25 bits per heavy atom. The van der Waals surface area contributed by atoms with Crippen molar-refractivity contribution in [3.05, 3.63) is 101 Å². The summed E-state index contributed by atoms with van der Waals surface area (Å²) in [6.45, 7) is 20.5. The zero-order valence-electron chi connectivity index (χ0n) is 18.5. The van der Waals surface area contributed by atoms with Crippen LogP contribution in [-0.4, -0.2) is 4.98 Å². The van der Waals surface area contributed by atoms with Crippen molar-refractivity contribution in [1.29, 1.82) is 0 Å². The van der Waals surface area contributed by atoms with E-state index in [0.29, 0.717) is 0 Å². The van der Waals surface area contributed by atoms with Crippen LogP contribution in [0.3, 0.4) is 0 Å². The molecule has 0 spiro atoms. The zero-order valence-corrected chi connectivity index (χ0v) is 18.5. The monoisotopic (exact) mass is 373 g/mol. The molecule has 2 aromatic rings. The van der Waals surface area contributed by atoms with Gasteiger partial charge in [-0.3, -0.25) is 4.98 Å². The average Bonchev–Trinajstić information content (AvgIpc) is 2.69. The van der Waals surface area contributed by atoms with Crippen molar-refractivity contribution in [3.63, 3.8) is 0 Å². The molecule has 0 saturated carbocycles. The number of hydrogen-bond acceptors (Lipinski definition) is 1. The molecule has 0 amide bonds. The number of pyridine rings is 1. The quantitative estimate of drug-likeness (QED) is 0.469. The molecule has 0 bridgehead atoms. The summed E-state index contributed by atoms with van der Waals surface area (Å²) in [6, 6.07) is 10.8. The van der Waals surface area contributed by atoms with Gasteiger partial charge in [-0.15, -0.1) is 0 Å². The Balaban J connectivity index is 0.000000362. The summed E-state index contributed by atoms with van der Waals surface area (Å²) >= 11 is 0. The highest BCUT2D eigenvalue weighted by Crippen LogP contribution is 2.25. The van der Waals surface area contributed by atoms with E-state index < -0.39 is 0 Å². The van der Waals surface area contributed by atoms with Crippen LogP contribution in [0, 0.1) is 13.8 Å². The van der Waals surface area contributed by atoms with Gasteiger partial charge in [-0.25, -0.2) is 0 Å². The first kappa shape index (κ1) is 23.4.